The van der Waals surface area contributed by atoms with E-state index in [0.717, 1.165) is 18.1 Å². The summed E-state index contributed by atoms with van der Waals surface area (Å²) in [5.74, 6) is 0. The predicted octanol–water partition coefficient (Wildman–Crippen LogP) is 3.84. The minimum Gasteiger partial charge on any atom is -0.366 e. The first-order valence-electron chi connectivity index (χ1n) is 7.46. The summed E-state index contributed by atoms with van der Waals surface area (Å²) in [4.78, 5) is 2.55. The lowest BCUT2D eigenvalue weighted by Crippen LogP contribution is -2.64. The van der Waals surface area contributed by atoms with E-state index in [1.165, 1.54) is 37.8 Å². The van der Waals surface area contributed by atoms with Crippen LogP contribution in [0.3, 0.4) is 0 Å². The number of halogens is 1. The van der Waals surface area contributed by atoms with Crippen LogP contribution in [0.5, 0.6) is 0 Å². The molecule has 3 rings (SSSR count). The molecule has 1 aromatic carbocycles. The first-order valence-corrected chi connectivity index (χ1v) is 7.84. The molecule has 1 spiro atoms. The van der Waals surface area contributed by atoms with Gasteiger partial charge >= 0.3 is 0 Å². The van der Waals surface area contributed by atoms with Crippen LogP contribution in [0.1, 0.15) is 39.0 Å². The lowest BCUT2D eigenvalue weighted by Gasteiger charge is -2.50. The Balaban J connectivity index is 1.80. The standard InChI is InChI=1S/C16H23ClN2/c1-13-11-18-16(9-3-2-4-10-16)12-19(13)15-7-5-14(17)6-8-15/h5-8,13,18H,2-4,9-12H2,1H3. The predicted molar refractivity (Wildman–Crippen MR) is 82.1 cm³/mol. The maximum atomic E-state index is 6.00. The van der Waals surface area contributed by atoms with Crippen molar-refractivity contribution in [3.63, 3.8) is 0 Å². The minimum absolute atomic E-state index is 0.352. The number of nitrogens with one attached hydrogen (secondary N) is 1. The summed E-state index contributed by atoms with van der Waals surface area (Å²) in [7, 11) is 0. The van der Waals surface area contributed by atoms with Crippen molar-refractivity contribution in [2.75, 3.05) is 18.0 Å². The van der Waals surface area contributed by atoms with Gasteiger partial charge in [0.25, 0.3) is 0 Å². The van der Waals surface area contributed by atoms with Crippen molar-refractivity contribution in [2.24, 2.45) is 0 Å². The van der Waals surface area contributed by atoms with Gasteiger partial charge in [-0.15, -0.1) is 0 Å². The Labute approximate surface area is 121 Å². The van der Waals surface area contributed by atoms with Crippen molar-refractivity contribution in [3.8, 4) is 0 Å². The van der Waals surface area contributed by atoms with E-state index in [9.17, 15) is 0 Å². The highest BCUT2D eigenvalue weighted by molar-refractivity contribution is 6.30. The summed E-state index contributed by atoms with van der Waals surface area (Å²) in [5, 5.41) is 4.65. The van der Waals surface area contributed by atoms with Gasteiger partial charge < -0.3 is 10.2 Å². The first-order chi connectivity index (χ1) is 9.19. The van der Waals surface area contributed by atoms with Gasteiger partial charge in [0.1, 0.15) is 0 Å². The average molecular weight is 279 g/mol. The van der Waals surface area contributed by atoms with Crippen LogP contribution in [0, 0.1) is 0 Å². The van der Waals surface area contributed by atoms with Gasteiger partial charge in [0, 0.05) is 35.4 Å². The second-order valence-corrected chi connectivity index (χ2v) is 6.61. The zero-order valence-electron chi connectivity index (χ0n) is 11.7. The summed E-state index contributed by atoms with van der Waals surface area (Å²) in [6.45, 7) is 4.52. The van der Waals surface area contributed by atoms with Crippen molar-refractivity contribution in [1.82, 2.24) is 5.32 Å². The van der Waals surface area contributed by atoms with E-state index in [4.69, 9.17) is 11.6 Å². The second kappa shape index (κ2) is 5.34. The number of benzene rings is 1. The normalized spacial score (nSPS) is 26.6. The quantitative estimate of drug-likeness (QED) is 0.840. The van der Waals surface area contributed by atoms with Gasteiger partial charge in [0.05, 0.1) is 0 Å². The molecule has 1 saturated carbocycles. The fraction of sp³-hybridized carbons (Fsp3) is 0.625. The van der Waals surface area contributed by atoms with Crippen molar-refractivity contribution in [2.45, 2.75) is 50.6 Å². The summed E-state index contributed by atoms with van der Waals surface area (Å²) >= 11 is 6.00. The molecule has 2 aliphatic rings. The second-order valence-electron chi connectivity index (χ2n) is 6.18. The lowest BCUT2D eigenvalue weighted by molar-refractivity contribution is 0.200. The van der Waals surface area contributed by atoms with Crippen molar-refractivity contribution >= 4 is 17.3 Å². The van der Waals surface area contributed by atoms with Gasteiger partial charge in [-0.2, -0.15) is 0 Å². The third-order valence-electron chi connectivity index (χ3n) is 4.75. The van der Waals surface area contributed by atoms with Crippen LogP contribution in [0.4, 0.5) is 5.69 Å². The third kappa shape index (κ3) is 2.75. The van der Waals surface area contributed by atoms with E-state index in [2.05, 4.69) is 29.3 Å². The van der Waals surface area contributed by atoms with Crippen LogP contribution in [-0.2, 0) is 0 Å². The zero-order chi connectivity index (χ0) is 13.3. The molecule has 1 atom stereocenters. The van der Waals surface area contributed by atoms with Gasteiger partial charge in [-0.25, -0.2) is 0 Å². The third-order valence-corrected chi connectivity index (χ3v) is 5.00. The van der Waals surface area contributed by atoms with Crippen molar-refractivity contribution in [3.05, 3.63) is 29.3 Å². The van der Waals surface area contributed by atoms with Crippen LogP contribution in [0.2, 0.25) is 5.02 Å². The Morgan fingerprint density at radius 3 is 2.53 bits per heavy atom. The molecule has 1 aliphatic carbocycles. The number of hydrogen-bond donors (Lipinski definition) is 1. The highest BCUT2D eigenvalue weighted by Crippen LogP contribution is 2.34. The van der Waals surface area contributed by atoms with E-state index in [0.29, 0.717) is 11.6 Å². The smallest absolute Gasteiger partial charge is 0.0407 e. The Hall–Kier alpha value is -0.730. The van der Waals surface area contributed by atoms with Gasteiger partial charge in [0.15, 0.2) is 0 Å². The molecule has 0 radical (unpaired) electrons. The highest BCUT2D eigenvalue weighted by atomic mass is 35.5. The molecule has 1 aliphatic heterocycles. The van der Waals surface area contributed by atoms with E-state index >= 15 is 0 Å². The minimum atomic E-state index is 0.352. The molecule has 1 saturated heterocycles. The molecule has 1 unspecified atom stereocenters. The molecule has 2 fully saturated rings. The summed E-state index contributed by atoms with van der Waals surface area (Å²) in [5.41, 5.74) is 1.66. The largest absolute Gasteiger partial charge is 0.366 e. The Kier molecular flexibility index (Phi) is 3.72. The van der Waals surface area contributed by atoms with Gasteiger partial charge in [-0.05, 0) is 44.0 Å². The summed E-state index contributed by atoms with van der Waals surface area (Å²) < 4.78 is 0. The summed E-state index contributed by atoms with van der Waals surface area (Å²) in [6.07, 6.45) is 6.79. The highest BCUT2D eigenvalue weighted by Gasteiger charge is 2.38. The fourth-order valence-corrected chi connectivity index (χ4v) is 3.68. The Morgan fingerprint density at radius 1 is 1.16 bits per heavy atom. The molecule has 2 nitrogen and oxygen atoms in total. The molecule has 1 heterocycles. The van der Waals surface area contributed by atoms with Crippen LogP contribution >= 0.6 is 11.6 Å². The monoisotopic (exact) mass is 278 g/mol. The van der Waals surface area contributed by atoms with E-state index in [1.54, 1.807) is 0 Å². The van der Waals surface area contributed by atoms with Crippen LogP contribution < -0.4 is 10.2 Å². The molecule has 3 heteroatoms. The fourth-order valence-electron chi connectivity index (χ4n) is 3.55. The topological polar surface area (TPSA) is 15.3 Å². The van der Waals surface area contributed by atoms with Crippen LogP contribution in [0.15, 0.2) is 24.3 Å². The van der Waals surface area contributed by atoms with Crippen LogP contribution in [0.25, 0.3) is 0 Å². The first kappa shape index (κ1) is 13.3. The Morgan fingerprint density at radius 2 is 1.84 bits per heavy atom. The molecule has 1 aromatic rings. The van der Waals surface area contributed by atoms with Crippen molar-refractivity contribution < 1.29 is 0 Å². The number of anilines is 1. The maximum absolute atomic E-state index is 6.00. The zero-order valence-corrected chi connectivity index (χ0v) is 12.4. The number of hydrogen-bond acceptors (Lipinski definition) is 2. The van der Waals surface area contributed by atoms with Crippen LogP contribution in [-0.4, -0.2) is 24.7 Å². The van der Waals surface area contributed by atoms with Gasteiger partial charge in [-0.3, -0.25) is 0 Å². The molecule has 19 heavy (non-hydrogen) atoms. The van der Waals surface area contributed by atoms with E-state index < -0.39 is 0 Å². The van der Waals surface area contributed by atoms with Crippen molar-refractivity contribution in [1.29, 1.82) is 0 Å². The molecule has 1 N–H and O–H groups in total. The average Bonchev–Trinajstić information content (AvgIpc) is 2.44. The lowest BCUT2D eigenvalue weighted by atomic mass is 9.79. The molecular weight excluding hydrogens is 256 g/mol. The SMILES string of the molecule is CC1CNC2(CCCCC2)CN1c1ccc(Cl)cc1. The van der Waals surface area contributed by atoms with Gasteiger partial charge in [0.2, 0.25) is 0 Å². The molecular formula is C16H23ClN2. The number of rotatable bonds is 1. The number of piperazine rings is 1. The number of nitrogens with zero attached hydrogens (tertiary/aromatic N) is 1. The molecule has 0 aromatic heterocycles. The van der Waals surface area contributed by atoms with Gasteiger partial charge in [-0.1, -0.05) is 30.9 Å². The van der Waals surface area contributed by atoms with E-state index in [1.807, 2.05) is 12.1 Å². The Bertz CT molecular complexity index is 423. The summed E-state index contributed by atoms with van der Waals surface area (Å²) in [6, 6.07) is 8.86. The molecule has 104 valence electrons. The molecule has 0 amide bonds. The maximum Gasteiger partial charge on any atom is 0.0407 e. The molecule has 0 bridgehead atoms. The van der Waals surface area contributed by atoms with E-state index in [-0.39, 0.29) is 0 Å².